The third kappa shape index (κ3) is 4.63. The number of carbonyl (C=O) groups excluding carboxylic acids is 2. The molecule has 2 aromatic rings. The van der Waals surface area contributed by atoms with Crippen molar-refractivity contribution in [1.29, 1.82) is 0 Å². The Morgan fingerprint density at radius 2 is 1.96 bits per heavy atom. The smallest absolute Gasteiger partial charge is 0.349 e. The summed E-state index contributed by atoms with van der Waals surface area (Å²) in [4.78, 5) is 34.3. The third-order valence-corrected chi connectivity index (χ3v) is 4.21. The zero-order valence-electron chi connectivity index (χ0n) is 12.9. The molecular weight excluding hydrogens is 332 g/mol. The normalized spacial score (nSPS) is 11.5. The van der Waals surface area contributed by atoms with Crippen LogP contribution in [0.3, 0.4) is 0 Å². The van der Waals surface area contributed by atoms with Gasteiger partial charge in [0.05, 0.1) is 4.92 Å². The second-order valence-corrected chi connectivity index (χ2v) is 5.96. The second kappa shape index (κ2) is 8.21. The zero-order chi connectivity index (χ0) is 17.5. The first kappa shape index (κ1) is 17.6. The minimum Gasteiger partial charge on any atom is -0.448 e. The SMILES string of the molecule is CCC(OC(=O)c1ccc([N+](=O)[O-])s1)C(=O)NCc1ccccc1. The number of esters is 1. The van der Waals surface area contributed by atoms with E-state index in [9.17, 15) is 19.7 Å². The van der Waals surface area contributed by atoms with Crippen molar-refractivity contribution < 1.29 is 19.2 Å². The molecular formula is C16H16N2O5S. The molecule has 0 saturated carbocycles. The number of carbonyl (C=O) groups is 2. The largest absolute Gasteiger partial charge is 0.448 e. The highest BCUT2D eigenvalue weighted by molar-refractivity contribution is 7.17. The van der Waals surface area contributed by atoms with Crippen molar-refractivity contribution >= 4 is 28.2 Å². The molecule has 1 amide bonds. The van der Waals surface area contributed by atoms with Crippen LogP contribution >= 0.6 is 11.3 Å². The van der Waals surface area contributed by atoms with Gasteiger partial charge < -0.3 is 10.1 Å². The summed E-state index contributed by atoms with van der Waals surface area (Å²) in [6.45, 7) is 2.05. The van der Waals surface area contributed by atoms with Crippen LogP contribution in [0.25, 0.3) is 0 Å². The van der Waals surface area contributed by atoms with Crippen molar-refractivity contribution in [2.45, 2.75) is 26.0 Å². The first-order valence-electron chi connectivity index (χ1n) is 7.28. The van der Waals surface area contributed by atoms with Crippen LogP contribution in [-0.4, -0.2) is 22.9 Å². The first-order valence-corrected chi connectivity index (χ1v) is 8.09. The van der Waals surface area contributed by atoms with Crippen molar-refractivity contribution in [3.05, 3.63) is 63.0 Å². The second-order valence-electron chi connectivity index (χ2n) is 4.90. The predicted molar refractivity (Wildman–Crippen MR) is 88.8 cm³/mol. The average Bonchev–Trinajstić information content (AvgIpc) is 3.09. The number of nitrogens with zero attached hydrogens (tertiary/aromatic N) is 1. The van der Waals surface area contributed by atoms with E-state index in [1.54, 1.807) is 6.92 Å². The molecule has 2 rings (SSSR count). The van der Waals surface area contributed by atoms with Gasteiger partial charge in [-0.3, -0.25) is 14.9 Å². The lowest BCUT2D eigenvalue weighted by molar-refractivity contribution is -0.380. The van der Waals surface area contributed by atoms with E-state index in [0.717, 1.165) is 16.9 Å². The van der Waals surface area contributed by atoms with E-state index in [-0.39, 0.29) is 9.88 Å². The van der Waals surface area contributed by atoms with Crippen LogP contribution in [0.15, 0.2) is 42.5 Å². The highest BCUT2D eigenvalue weighted by Gasteiger charge is 2.24. The predicted octanol–water partition coefficient (Wildman–Crippen LogP) is 2.91. The van der Waals surface area contributed by atoms with E-state index in [1.165, 1.54) is 12.1 Å². The summed E-state index contributed by atoms with van der Waals surface area (Å²) in [5.74, 6) is -1.14. The molecule has 8 heteroatoms. The van der Waals surface area contributed by atoms with Crippen LogP contribution in [0.4, 0.5) is 5.00 Å². The molecule has 1 N–H and O–H groups in total. The van der Waals surface area contributed by atoms with E-state index in [2.05, 4.69) is 5.32 Å². The number of thiophene rings is 1. The molecule has 0 aliphatic heterocycles. The van der Waals surface area contributed by atoms with Gasteiger partial charge in [-0.05, 0) is 18.1 Å². The zero-order valence-corrected chi connectivity index (χ0v) is 13.7. The minimum atomic E-state index is -0.942. The lowest BCUT2D eigenvalue weighted by Crippen LogP contribution is -2.37. The standard InChI is InChI=1S/C16H16N2O5S/c1-2-12(15(19)17-10-11-6-4-3-5-7-11)23-16(20)13-8-9-14(24-13)18(21)22/h3-9,12H,2,10H2,1H3,(H,17,19). The lowest BCUT2D eigenvalue weighted by atomic mass is 10.2. The summed E-state index contributed by atoms with van der Waals surface area (Å²) in [6.07, 6.45) is -0.637. The number of rotatable bonds is 7. The van der Waals surface area contributed by atoms with Gasteiger partial charge in [0.15, 0.2) is 6.10 Å². The van der Waals surface area contributed by atoms with E-state index in [1.807, 2.05) is 30.3 Å². The summed E-state index contributed by atoms with van der Waals surface area (Å²) in [5.41, 5.74) is 0.931. The molecule has 0 spiro atoms. The number of nitrogens with one attached hydrogen (secondary N) is 1. The van der Waals surface area contributed by atoms with E-state index < -0.39 is 22.9 Å². The quantitative estimate of drug-likeness (QED) is 0.471. The number of nitro groups is 1. The molecule has 0 aliphatic carbocycles. The maximum Gasteiger partial charge on any atom is 0.349 e. The first-order chi connectivity index (χ1) is 11.5. The molecule has 126 valence electrons. The Labute approximate surface area is 142 Å². The molecule has 1 atom stereocenters. The Bertz CT molecular complexity index is 729. The summed E-state index contributed by atoms with van der Waals surface area (Å²) in [5, 5.41) is 13.2. The van der Waals surface area contributed by atoms with Crippen molar-refractivity contribution in [3.8, 4) is 0 Å². The van der Waals surface area contributed by atoms with Crippen molar-refractivity contribution in [3.63, 3.8) is 0 Å². The lowest BCUT2D eigenvalue weighted by Gasteiger charge is -2.15. The Hall–Kier alpha value is -2.74. The third-order valence-electron chi connectivity index (χ3n) is 3.20. The van der Waals surface area contributed by atoms with Crippen LogP contribution in [0.5, 0.6) is 0 Å². The Balaban J connectivity index is 1.93. The minimum absolute atomic E-state index is 0.0935. The van der Waals surface area contributed by atoms with Crippen LogP contribution in [0.1, 0.15) is 28.6 Å². The highest BCUT2D eigenvalue weighted by Crippen LogP contribution is 2.25. The molecule has 1 unspecified atom stereocenters. The maximum atomic E-state index is 12.1. The van der Waals surface area contributed by atoms with Gasteiger partial charge in [0.1, 0.15) is 4.88 Å². The fraction of sp³-hybridized carbons (Fsp3) is 0.250. The van der Waals surface area contributed by atoms with Crippen molar-refractivity contribution in [2.75, 3.05) is 0 Å². The number of hydrogen-bond acceptors (Lipinski definition) is 6. The van der Waals surface area contributed by atoms with E-state index >= 15 is 0 Å². The number of benzene rings is 1. The summed E-state index contributed by atoms with van der Waals surface area (Å²) in [7, 11) is 0. The topological polar surface area (TPSA) is 98.5 Å². The summed E-state index contributed by atoms with van der Waals surface area (Å²) >= 11 is 0.718. The molecule has 7 nitrogen and oxygen atoms in total. The summed E-state index contributed by atoms with van der Waals surface area (Å²) in [6, 6.07) is 11.9. The Kier molecular flexibility index (Phi) is 6.02. The van der Waals surface area contributed by atoms with E-state index in [0.29, 0.717) is 13.0 Å². The van der Waals surface area contributed by atoms with Gasteiger partial charge in [-0.25, -0.2) is 4.79 Å². The van der Waals surface area contributed by atoms with Gasteiger partial charge >= 0.3 is 11.0 Å². The Morgan fingerprint density at radius 1 is 1.25 bits per heavy atom. The highest BCUT2D eigenvalue weighted by atomic mass is 32.1. The monoisotopic (exact) mass is 348 g/mol. The molecule has 1 aromatic heterocycles. The van der Waals surface area contributed by atoms with Gasteiger partial charge in [0, 0.05) is 12.6 Å². The Morgan fingerprint density at radius 3 is 2.54 bits per heavy atom. The molecule has 0 saturated heterocycles. The van der Waals surface area contributed by atoms with E-state index in [4.69, 9.17) is 4.74 Å². The van der Waals surface area contributed by atoms with Crippen molar-refractivity contribution in [2.24, 2.45) is 0 Å². The van der Waals surface area contributed by atoms with Crippen molar-refractivity contribution in [1.82, 2.24) is 5.32 Å². The van der Waals surface area contributed by atoms with Crippen LogP contribution in [0, 0.1) is 10.1 Å². The van der Waals surface area contributed by atoms with Crippen LogP contribution < -0.4 is 5.32 Å². The van der Waals surface area contributed by atoms with Gasteiger partial charge in [-0.15, -0.1) is 0 Å². The molecule has 1 aromatic carbocycles. The average molecular weight is 348 g/mol. The van der Waals surface area contributed by atoms with Gasteiger partial charge in [0.2, 0.25) is 0 Å². The number of hydrogen-bond donors (Lipinski definition) is 1. The van der Waals surface area contributed by atoms with Crippen LogP contribution in [0.2, 0.25) is 0 Å². The van der Waals surface area contributed by atoms with Gasteiger partial charge in [-0.2, -0.15) is 0 Å². The molecule has 0 aliphatic rings. The molecule has 1 heterocycles. The molecule has 0 fully saturated rings. The molecule has 24 heavy (non-hydrogen) atoms. The maximum absolute atomic E-state index is 12.1. The number of ether oxygens (including phenoxy) is 1. The van der Waals surface area contributed by atoms with Gasteiger partial charge in [0.25, 0.3) is 5.91 Å². The number of amides is 1. The fourth-order valence-electron chi connectivity index (χ4n) is 1.94. The fourth-order valence-corrected chi connectivity index (χ4v) is 2.65. The summed E-state index contributed by atoms with van der Waals surface area (Å²) < 4.78 is 5.17. The molecule has 0 bridgehead atoms. The van der Waals surface area contributed by atoms with Gasteiger partial charge in [-0.1, -0.05) is 48.6 Å². The molecule has 0 radical (unpaired) electrons. The van der Waals surface area contributed by atoms with Crippen LogP contribution in [-0.2, 0) is 16.1 Å².